The van der Waals surface area contributed by atoms with E-state index in [1.807, 2.05) is 91.9 Å². The molecule has 136 valence electrons. The Morgan fingerprint density at radius 3 is 1.78 bits per heavy atom. The van der Waals surface area contributed by atoms with Gasteiger partial charge in [0.25, 0.3) is 0 Å². The third kappa shape index (κ3) is 5.05. The molecule has 0 heterocycles. The lowest BCUT2D eigenvalue weighted by Gasteiger charge is -2.19. The summed E-state index contributed by atoms with van der Waals surface area (Å²) < 4.78 is 0. The number of hydrogen-bond donors (Lipinski definition) is 2. The Morgan fingerprint density at radius 1 is 0.741 bits per heavy atom. The maximum Gasteiger partial charge on any atom is 0.310 e. The van der Waals surface area contributed by atoms with Crippen LogP contribution >= 0.6 is 0 Å². The molecule has 0 radical (unpaired) electrons. The van der Waals surface area contributed by atoms with E-state index in [1.165, 1.54) is 0 Å². The highest BCUT2D eigenvalue weighted by Gasteiger charge is 2.21. The normalized spacial score (nSPS) is 10.4. The summed E-state index contributed by atoms with van der Waals surface area (Å²) in [6, 6.07) is 26.6. The number of rotatable bonds is 5. The van der Waals surface area contributed by atoms with Gasteiger partial charge in [0.15, 0.2) is 0 Å². The lowest BCUT2D eigenvalue weighted by atomic mass is 9.99. The van der Waals surface area contributed by atoms with Gasteiger partial charge in [0.1, 0.15) is 0 Å². The smallest absolute Gasteiger partial charge is 0.310 e. The van der Waals surface area contributed by atoms with Gasteiger partial charge in [-0.05, 0) is 23.6 Å². The third-order valence-electron chi connectivity index (χ3n) is 4.32. The Balaban J connectivity index is 1.68. The van der Waals surface area contributed by atoms with Gasteiger partial charge in [-0.1, -0.05) is 90.5 Å². The van der Waals surface area contributed by atoms with Crippen molar-refractivity contribution in [3.05, 3.63) is 107 Å². The minimum atomic E-state index is -0.653. The molecule has 3 rings (SSSR count). The van der Waals surface area contributed by atoms with Crippen molar-refractivity contribution in [1.82, 2.24) is 10.6 Å². The molecule has 4 heteroatoms. The molecule has 4 nitrogen and oxygen atoms in total. The first kappa shape index (κ1) is 18.4. The first-order valence-corrected chi connectivity index (χ1v) is 8.87. The van der Waals surface area contributed by atoms with Crippen molar-refractivity contribution in [3.63, 3.8) is 0 Å². The van der Waals surface area contributed by atoms with Crippen LogP contribution in [0, 0.1) is 6.92 Å². The van der Waals surface area contributed by atoms with Crippen LogP contribution < -0.4 is 10.6 Å². The molecule has 0 saturated heterocycles. The quantitative estimate of drug-likeness (QED) is 0.686. The van der Waals surface area contributed by atoms with Crippen LogP contribution in [-0.4, -0.2) is 11.8 Å². The number of aryl methyl sites for hydroxylation is 1. The molecule has 0 aliphatic heterocycles. The largest absolute Gasteiger partial charge is 0.344 e. The highest BCUT2D eigenvalue weighted by atomic mass is 16.2. The number of amides is 2. The van der Waals surface area contributed by atoms with Crippen LogP contribution in [0.25, 0.3) is 0 Å². The SMILES string of the molecule is Cc1ccc(CNC(=O)C(=O)NC(c2ccccc2)c2ccccc2)cc1. The highest BCUT2D eigenvalue weighted by Crippen LogP contribution is 2.21. The Hall–Kier alpha value is -3.40. The van der Waals surface area contributed by atoms with Gasteiger partial charge in [-0.15, -0.1) is 0 Å². The minimum Gasteiger partial charge on any atom is -0.344 e. The number of benzene rings is 3. The van der Waals surface area contributed by atoms with Crippen molar-refractivity contribution < 1.29 is 9.59 Å². The molecule has 0 saturated carbocycles. The van der Waals surface area contributed by atoms with Gasteiger partial charge in [-0.3, -0.25) is 9.59 Å². The molecule has 2 amide bonds. The van der Waals surface area contributed by atoms with Gasteiger partial charge in [-0.2, -0.15) is 0 Å². The van der Waals surface area contributed by atoms with Gasteiger partial charge < -0.3 is 10.6 Å². The van der Waals surface area contributed by atoms with Crippen molar-refractivity contribution in [3.8, 4) is 0 Å². The van der Waals surface area contributed by atoms with E-state index in [0.717, 1.165) is 22.3 Å². The van der Waals surface area contributed by atoms with Crippen molar-refractivity contribution in [2.45, 2.75) is 19.5 Å². The number of hydrogen-bond acceptors (Lipinski definition) is 2. The maximum atomic E-state index is 12.5. The second-order valence-electron chi connectivity index (χ2n) is 6.40. The summed E-state index contributed by atoms with van der Waals surface area (Å²) in [5.41, 5.74) is 3.94. The summed E-state index contributed by atoms with van der Waals surface area (Å²) in [5, 5.41) is 5.52. The molecular formula is C23H22N2O2. The zero-order chi connectivity index (χ0) is 19.1. The molecule has 0 aliphatic rings. The zero-order valence-electron chi connectivity index (χ0n) is 15.2. The van der Waals surface area contributed by atoms with Crippen LogP contribution in [0.1, 0.15) is 28.3 Å². The highest BCUT2D eigenvalue weighted by molar-refractivity contribution is 6.35. The van der Waals surface area contributed by atoms with Crippen molar-refractivity contribution in [1.29, 1.82) is 0 Å². The maximum absolute atomic E-state index is 12.5. The molecule has 27 heavy (non-hydrogen) atoms. The van der Waals surface area contributed by atoms with Crippen molar-refractivity contribution >= 4 is 11.8 Å². The number of carbonyl (C=O) groups excluding carboxylic acids is 2. The van der Waals surface area contributed by atoms with E-state index in [9.17, 15) is 9.59 Å². The predicted octanol–water partition coefficient (Wildman–Crippen LogP) is 3.52. The van der Waals surface area contributed by atoms with E-state index in [1.54, 1.807) is 0 Å². The summed E-state index contributed by atoms with van der Waals surface area (Å²) in [6.07, 6.45) is 0. The molecule has 3 aromatic carbocycles. The monoisotopic (exact) mass is 358 g/mol. The van der Waals surface area contributed by atoms with E-state index in [-0.39, 0.29) is 6.04 Å². The first-order chi connectivity index (χ1) is 13.1. The van der Waals surface area contributed by atoms with Crippen LogP contribution in [0.5, 0.6) is 0 Å². The first-order valence-electron chi connectivity index (χ1n) is 8.87. The molecule has 0 bridgehead atoms. The summed E-state index contributed by atoms with van der Waals surface area (Å²) in [6.45, 7) is 2.32. The van der Waals surface area contributed by atoms with E-state index < -0.39 is 11.8 Å². The van der Waals surface area contributed by atoms with Gasteiger partial charge in [0.05, 0.1) is 6.04 Å². The average molecular weight is 358 g/mol. The summed E-state index contributed by atoms with van der Waals surface area (Å²) in [5.74, 6) is -1.30. The van der Waals surface area contributed by atoms with E-state index >= 15 is 0 Å². The second-order valence-corrected chi connectivity index (χ2v) is 6.40. The molecule has 2 N–H and O–H groups in total. The Bertz CT molecular complexity index is 851. The van der Waals surface area contributed by atoms with Crippen LogP contribution in [0.15, 0.2) is 84.9 Å². The van der Waals surface area contributed by atoms with Crippen molar-refractivity contribution in [2.24, 2.45) is 0 Å². The number of carbonyl (C=O) groups is 2. The zero-order valence-corrected chi connectivity index (χ0v) is 15.2. The van der Waals surface area contributed by atoms with Crippen LogP contribution in [0.2, 0.25) is 0 Å². The molecule has 0 aromatic heterocycles. The van der Waals surface area contributed by atoms with Crippen LogP contribution in [0.3, 0.4) is 0 Å². The van der Waals surface area contributed by atoms with Crippen molar-refractivity contribution in [2.75, 3.05) is 0 Å². The fraction of sp³-hybridized carbons (Fsp3) is 0.130. The molecule has 3 aromatic rings. The topological polar surface area (TPSA) is 58.2 Å². The predicted molar refractivity (Wildman–Crippen MR) is 106 cm³/mol. The fourth-order valence-electron chi connectivity index (χ4n) is 2.82. The summed E-state index contributed by atoms with van der Waals surface area (Å²) in [7, 11) is 0. The van der Waals surface area contributed by atoms with Gasteiger partial charge >= 0.3 is 11.8 Å². The molecule has 0 atom stereocenters. The molecular weight excluding hydrogens is 336 g/mol. The van der Waals surface area contributed by atoms with E-state index in [4.69, 9.17) is 0 Å². The third-order valence-corrected chi connectivity index (χ3v) is 4.32. The van der Waals surface area contributed by atoms with E-state index in [0.29, 0.717) is 6.54 Å². The molecule has 0 spiro atoms. The Kier molecular flexibility index (Phi) is 6.00. The lowest BCUT2D eigenvalue weighted by molar-refractivity contribution is -0.139. The minimum absolute atomic E-state index is 0.313. The van der Waals surface area contributed by atoms with Gasteiger partial charge in [-0.25, -0.2) is 0 Å². The molecule has 0 fully saturated rings. The second kappa shape index (κ2) is 8.81. The summed E-state index contributed by atoms with van der Waals surface area (Å²) in [4.78, 5) is 24.7. The van der Waals surface area contributed by atoms with Gasteiger partial charge in [0.2, 0.25) is 0 Å². The number of nitrogens with one attached hydrogen (secondary N) is 2. The van der Waals surface area contributed by atoms with Crippen LogP contribution in [-0.2, 0) is 16.1 Å². The summed E-state index contributed by atoms with van der Waals surface area (Å²) >= 11 is 0. The molecule has 0 unspecified atom stereocenters. The Labute approximate surface area is 159 Å². The van der Waals surface area contributed by atoms with Gasteiger partial charge in [0, 0.05) is 6.54 Å². The molecule has 0 aliphatic carbocycles. The average Bonchev–Trinajstić information content (AvgIpc) is 2.72. The van der Waals surface area contributed by atoms with E-state index in [2.05, 4.69) is 10.6 Å². The standard InChI is InChI=1S/C23H22N2O2/c1-17-12-14-18(15-13-17)16-24-22(26)23(27)25-21(19-8-4-2-5-9-19)20-10-6-3-7-11-20/h2-15,21H,16H2,1H3,(H,24,26)(H,25,27). The lowest BCUT2D eigenvalue weighted by Crippen LogP contribution is -2.41. The Morgan fingerprint density at radius 2 is 1.26 bits per heavy atom. The van der Waals surface area contributed by atoms with Crippen LogP contribution in [0.4, 0.5) is 0 Å². The fourth-order valence-corrected chi connectivity index (χ4v) is 2.82.